The summed E-state index contributed by atoms with van der Waals surface area (Å²) in [6, 6.07) is 5.36. The van der Waals surface area contributed by atoms with Gasteiger partial charge in [0.25, 0.3) is 0 Å². The number of rotatable bonds is 4. The third-order valence-electron chi connectivity index (χ3n) is 3.97. The molecule has 0 bridgehead atoms. The van der Waals surface area contributed by atoms with Gasteiger partial charge in [-0.1, -0.05) is 17.7 Å². The highest BCUT2D eigenvalue weighted by atomic mass is 35.5. The largest absolute Gasteiger partial charge is 0.356 e. The predicted molar refractivity (Wildman–Crippen MR) is 88.7 cm³/mol. The van der Waals surface area contributed by atoms with Gasteiger partial charge in [-0.05, 0) is 17.7 Å². The van der Waals surface area contributed by atoms with Crippen LogP contribution in [0.5, 0.6) is 0 Å². The van der Waals surface area contributed by atoms with E-state index in [2.05, 4.69) is 9.88 Å². The second-order valence-electron chi connectivity index (χ2n) is 5.68. The fraction of sp³-hybridized carbons (Fsp3) is 0.400. The number of hydrogen-bond acceptors (Lipinski definition) is 4. The maximum Gasteiger partial charge on any atom is 0.244 e. The molecule has 3 heterocycles. The number of aromatic nitrogens is 2. The number of hydrogen-bond donors (Lipinski definition) is 0. The molecule has 1 saturated heterocycles. The lowest BCUT2D eigenvalue weighted by Gasteiger charge is -2.33. The van der Waals surface area contributed by atoms with Crippen LogP contribution in [0, 0.1) is 0 Å². The van der Waals surface area contributed by atoms with Crippen molar-refractivity contribution in [3.8, 4) is 0 Å². The highest BCUT2D eigenvalue weighted by Gasteiger charge is 2.28. The van der Waals surface area contributed by atoms with Crippen molar-refractivity contribution in [1.82, 2.24) is 18.8 Å². The molecular weight excluding hydrogens is 336 g/mol. The minimum absolute atomic E-state index is 0.357. The summed E-state index contributed by atoms with van der Waals surface area (Å²) >= 11 is 5.78. The molecule has 1 aliphatic heterocycles. The zero-order valence-electron chi connectivity index (χ0n) is 12.9. The minimum Gasteiger partial charge on any atom is -0.356 e. The first-order valence-electron chi connectivity index (χ1n) is 7.40. The lowest BCUT2D eigenvalue weighted by molar-refractivity contribution is 0.181. The van der Waals surface area contributed by atoms with Crippen molar-refractivity contribution >= 4 is 21.6 Å². The van der Waals surface area contributed by atoms with Crippen molar-refractivity contribution in [2.45, 2.75) is 11.4 Å². The summed E-state index contributed by atoms with van der Waals surface area (Å²) in [6.45, 7) is 3.16. The number of aryl methyl sites for hydroxylation is 1. The molecule has 1 fully saturated rings. The molecule has 0 amide bonds. The van der Waals surface area contributed by atoms with Crippen LogP contribution in [0.3, 0.4) is 0 Å². The van der Waals surface area contributed by atoms with Crippen LogP contribution in [-0.2, 0) is 23.6 Å². The molecule has 0 aliphatic carbocycles. The normalized spacial score (nSPS) is 17.5. The molecule has 2 aromatic rings. The lowest BCUT2D eigenvalue weighted by Crippen LogP contribution is -2.48. The predicted octanol–water partition coefficient (Wildman–Crippen LogP) is 1.58. The molecular formula is C15H19ClN4O2S. The summed E-state index contributed by atoms with van der Waals surface area (Å²) in [5.41, 5.74) is 1.08. The quantitative estimate of drug-likeness (QED) is 0.782. The lowest BCUT2D eigenvalue weighted by atomic mass is 10.2. The zero-order chi connectivity index (χ0) is 16.4. The van der Waals surface area contributed by atoms with Crippen molar-refractivity contribution < 1.29 is 8.42 Å². The first kappa shape index (κ1) is 16.4. The summed E-state index contributed by atoms with van der Waals surface area (Å²) in [6.07, 6.45) is 5.15. The van der Waals surface area contributed by atoms with Gasteiger partial charge in [0.05, 0.1) is 4.90 Å². The highest BCUT2D eigenvalue weighted by Crippen LogP contribution is 2.18. The molecule has 0 saturated carbocycles. The summed E-state index contributed by atoms with van der Waals surface area (Å²) in [7, 11) is -1.57. The Morgan fingerprint density at radius 2 is 1.91 bits per heavy atom. The van der Waals surface area contributed by atoms with E-state index in [0.717, 1.165) is 12.1 Å². The Morgan fingerprint density at radius 3 is 2.48 bits per heavy atom. The van der Waals surface area contributed by atoms with Gasteiger partial charge >= 0.3 is 0 Å². The second kappa shape index (κ2) is 6.60. The van der Waals surface area contributed by atoms with Gasteiger partial charge in [0.15, 0.2) is 0 Å². The average molecular weight is 355 g/mol. The molecule has 124 valence electrons. The monoisotopic (exact) mass is 354 g/mol. The maximum absolute atomic E-state index is 12.6. The Bertz CT molecular complexity index is 765. The number of sulfonamides is 1. The van der Waals surface area contributed by atoms with E-state index in [9.17, 15) is 8.42 Å². The van der Waals surface area contributed by atoms with Gasteiger partial charge in [0.1, 0.15) is 5.15 Å². The number of piperazine rings is 1. The van der Waals surface area contributed by atoms with Crippen molar-refractivity contribution in [3.63, 3.8) is 0 Å². The topological polar surface area (TPSA) is 58.4 Å². The first-order chi connectivity index (χ1) is 10.9. The molecule has 1 aliphatic rings. The van der Waals surface area contributed by atoms with Crippen LogP contribution in [0.25, 0.3) is 0 Å². The molecule has 0 radical (unpaired) electrons. The molecule has 23 heavy (non-hydrogen) atoms. The van der Waals surface area contributed by atoms with E-state index < -0.39 is 10.0 Å². The van der Waals surface area contributed by atoms with E-state index in [0.29, 0.717) is 36.2 Å². The summed E-state index contributed by atoms with van der Waals surface area (Å²) in [5.74, 6) is 0. The third-order valence-corrected chi connectivity index (χ3v) is 6.07. The Kier molecular flexibility index (Phi) is 4.72. The fourth-order valence-corrected chi connectivity index (χ4v) is 4.25. The van der Waals surface area contributed by atoms with Gasteiger partial charge in [-0.2, -0.15) is 4.31 Å². The SMILES string of the molecule is Cn1ccc(S(=O)(=O)N2CCN(Cc3ccc(Cl)nc3)CC2)c1. The van der Waals surface area contributed by atoms with E-state index in [-0.39, 0.29) is 0 Å². The van der Waals surface area contributed by atoms with Crippen molar-refractivity contribution in [3.05, 3.63) is 47.5 Å². The Hall–Kier alpha value is -1.41. The van der Waals surface area contributed by atoms with Crippen molar-refractivity contribution in [2.75, 3.05) is 26.2 Å². The zero-order valence-corrected chi connectivity index (χ0v) is 14.5. The molecule has 2 aromatic heterocycles. The Morgan fingerprint density at radius 1 is 1.17 bits per heavy atom. The maximum atomic E-state index is 12.6. The number of nitrogens with zero attached hydrogens (tertiary/aromatic N) is 4. The van der Waals surface area contributed by atoms with Gasteiger partial charge in [-0.3, -0.25) is 4.90 Å². The summed E-state index contributed by atoms with van der Waals surface area (Å²) in [4.78, 5) is 6.65. The van der Waals surface area contributed by atoms with E-state index in [1.54, 1.807) is 39.6 Å². The van der Waals surface area contributed by atoms with E-state index in [1.165, 1.54) is 0 Å². The standard InChI is InChI=1S/C15H19ClN4O2S/c1-18-5-4-14(12-18)23(21,22)20-8-6-19(7-9-20)11-13-2-3-15(16)17-10-13/h2-5,10,12H,6-9,11H2,1H3. The third kappa shape index (κ3) is 3.74. The average Bonchev–Trinajstić information content (AvgIpc) is 2.98. The van der Waals surface area contributed by atoms with Gasteiger partial charge in [0.2, 0.25) is 10.0 Å². The van der Waals surface area contributed by atoms with Crippen LogP contribution in [0.4, 0.5) is 0 Å². The molecule has 0 N–H and O–H groups in total. The van der Waals surface area contributed by atoms with Crippen LogP contribution in [0.2, 0.25) is 5.15 Å². The molecule has 0 atom stereocenters. The summed E-state index contributed by atoms with van der Waals surface area (Å²) < 4.78 is 28.4. The van der Waals surface area contributed by atoms with E-state index >= 15 is 0 Å². The molecule has 6 nitrogen and oxygen atoms in total. The molecule has 3 rings (SSSR count). The van der Waals surface area contributed by atoms with Crippen LogP contribution in [-0.4, -0.2) is 53.4 Å². The Labute approximate surface area is 141 Å². The Balaban J connectivity index is 1.61. The van der Waals surface area contributed by atoms with Gasteiger partial charge in [0, 0.05) is 58.4 Å². The number of pyridine rings is 1. The summed E-state index contributed by atoms with van der Waals surface area (Å²) in [5, 5.41) is 0.479. The van der Waals surface area contributed by atoms with Gasteiger partial charge in [-0.15, -0.1) is 0 Å². The molecule has 8 heteroatoms. The highest BCUT2D eigenvalue weighted by molar-refractivity contribution is 7.89. The van der Waals surface area contributed by atoms with Gasteiger partial charge in [-0.25, -0.2) is 13.4 Å². The van der Waals surface area contributed by atoms with Crippen LogP contribution in [0.1, 0.15) is 5.56 Å². The minimum atomic E-state index is -3.39. The van der Waals surface area contributed by atoms with Crippen LogP contribution in [0.15, 0.2) is 41.7 Å². The number of halogens is 1. The second-order valence-corrected chi connectivity index (χ2v) is 8.01. The van der Waals surface area contributed by atoms with E-state index in [1.807, 2.05) is 13.1 Å². The molecule has 0 spiro atoms. The van der Waals surface area contributed by atoms with E-state index in [4.69, 9.17) is 11.6 Å². The molecule has 0 unspecified atom stereocenters. The van der Waals surface area contributed by atoms with Crippen molar-refractivity contribution in [2.24, 2.45) is 7.05 Å². The van der Waals surface area contributed by atoms with Crippen LogP contribution < -0.4 is 0 Å². The fourth-order valence-electron chi connectivity index (χ4n) is 2.67. The van der Waals surface area contributed by atoms with Crippen LogP contribution >= 0.6 is 11.6 Å². The smallest absolute Gasteiger partial charge is 0.244 e. The first-order valence-corrected chi connectivity index (χ1v) is 9.22. The molecule has 0 aromatic carbocycles. The van der Waals surface area contributed by atoms with Crippen molar-refractivity contribution in [1.29, 1.82) is 0 Å². The van der Waals surface area contributed by atoms with Gasteiger partial charge < -0.3 is 4.57 Å².